The lowest BCUT2D eigenvalue weighted by atomic mass is 10.1. The number of aliphatic hydroxyl groups excluding tert-OH is 1. The number of nitrogens with two attached hydrogens (primary N) is 1. The van der Waals surface area contributed by atoms with E-state index in [1.54, 1.807) is 29.7 Å². The van der Waals surface area contributed by atoms with Crippen molar-refractivity contribution in [2.24, 2.45) is 5.73 Å². The van der Waals surface area contributed by atoms with Gasteiger partial charge in [0.1, 0.15) is 17.1 Å². The number of nitrogens with zero attached hydrogens (tertiary/aromatic N) is 3. The summed E-state index contributed by atoms with van der Waals surface area (Å²) in [5, 5.41) is 22.2. The monoisotopic (exact) mass is 446 g/mol. The minimum atomic E-state index is -0.968. The van der Waals surface area contributed by atoms with Crippen molar-refractivity contribution in [2.75, 3.05) is 0 Å². The standard InChI is InChI=1S/C24H22N4O3S/c1-14-26-9-11-27(14)23-7-6-21(32-23)15-2-4-17-18-5-3-16(24(30)31)13-20(18)28(19(17)12-15)10-8-22(25)29/h2-7,9,11-13,22,29H,8,10,25H2,1H3,(H,30,31). The fourth-order valence-corrected chi connectivity index (χ4v) is 5.14. The van der Waals surface area contributed by atoms with E-state index in [0.29, 0.717) is 13.0 Å². The summed E-state index contributed by atoms with van der Waals surface area (Å²) in [6.07, 6.45) is 3.16. The third kappa shape index (κ3) is 3.48. The number of thiophene rings is 1. The third-order valence-corrected chi connectivity index (χ3v) is 6.84. The largest absolute Gasteiger partial charge is 0.478 e. The maximum atomic E-state index is 11.5. The van der Waals surface area contributed by atoms with E-state index in [1.165, 1.54) is 0 Å². The quantitative estimate of drug-likeness (QED) is 0.336. The smallest absolute Gasteiger partial charge is 0.335 e. The van der Waals surface area contributed by atoms with Gasteiger partial charge in [-0.25, -0.2) is 9.78 Å². The van der Waals surface area contributed by atoms with Gasteiger partial charge in [0.05, 0.1) is 5.56 Å². The molecule has 5 rings (SSSR count). The SMILES string of the molecule is Cc1nccn1-c1ccc(-c2ccc3c4ccc(C(=O)O)cc4n(CCC(N)O)c3c2)s1. The van der Waals surface area contributed by atoms with E-state index < -0.39 is 12.2 Å². The Balaban J connectivity index is 1.66. The summed E-state index contributed by atoms with van der Waals surface area (Å²) in [4.78, 5) is 16.9. The van der Waals surface area contributed by atoms with E-state index >= 15 is 0 Å². The number of carboxylic acid groups (broad SMARTS) is 1. The first-order chi connectivity index (χ1) is 15.4. The summed E-state index contributed by atoms with van der Waals surface area (Å²) < 4.78 is 4.10. The Morgan fingerprint density at radius 2 is 1.88 bits per heavy atom. The van der Waals surface area contributed by atoms with Gasteiger partial charge >= 0.3 is 5.97 Å². The maximum absolute atomic E-state index is 11.5. The molecule has 0 spiro atoms. The van der Waals surface area contributed by atoms with Gasteiger partial charge in [0.15, 0.2) is 0 Å². The molecule has 0 aliphatic heterocycles. The van der Waals surface area contributed by atoms with Crippen LogP contribution in [-0.2, 0) is 6.54 Å². The summed E-state index contributed by atoms with van der Waals surface area (Å²) >= 11 is 1.68. The van der Waals surface area contributed by atoms with Crippen molar-refractivity contribution in [3.8, 4) is 15.4 Å². The van der Waals surface area contributed by atoms with E-state index in [9.17, 15) is 15.0 Å². The first kappa shape index (κ1) is 20.4. The number of carboxylic acids is 1. The number of aryl methyl sites for hydroxylation is 2. The summed E-state index contributed by atoms with van der Waals surface area (Å²) in [5.41, 5.74) is 8.70. The van der Waals surface area contributed by atoms with Crippen LogP contribution in [0.15, 0.2) is 60.9 Å². The fraction of sp³-hybridized carbons (Fsp3) is 0.167. The number of aliphatic hydroxyl groups is 1. The van der Waals surface area contributed by atoms with Crippen molar-refractivity contribution in [1.82, 2.24) is 14.1 Å². The molecule has 5 aromatic rings. The van der Waals surface area contributed by atoms with Crippen molar-refractivity contribution in [3.05, 3.63) is 72.3 Å². The van der Waals surface area contributed by atoms with Crippen LogP contribution in [0.5, 0.6) is 0 Å². The summed E-state index contributed by atoms with van der Waals surface area (Å²) in [5.74, 6) is -0.0345. The van der Waals surface area contributed by atoms with E-state index in [2.05, 4.69) is 39.9 Å². The summed E-state index contributed by atoms with van der Waals surface area (Å²) in [6, 6.07) is 15.6. The second-order valence-corrected chi connectivity index (χ2v) is 8.82. The Morgan fingerprint density at radius 1 is 1.12 bits per heavy atom. The average Bonchev–Trinajstić information content (AvgIpc) is 3.48. The molecule has 0 bridgehead atoms. The number of fused-ring (bicyclic) bond motifs is 3. The lowest BCUT2D eigenvalue weighted by Gasteiger charge is -2.10. The van der Waals surface area contributed by atoms with Gasteiger partial charge < -0.3 is 20.5 Å². The molecule has 162 valence electrons. The van der Waals surface area contributed by atoms with Gasteiger partial charge in [-0.05, 0) is 42.8 Å². The van der Waals surface area contributed by atoms with Crippen LogP contribution in [-0.4, -0.2) is 36.5 Å². The lowest BCUT2D eigenvalue weighted by Crippen LogP contribution is -2.20. The van der Waals surface area contributed by atoms with Crippen molar-refractivity contribution in [3.63, 3.8) is 0 Å². The molecule has 0 saturated heterocycles. The van der Waals surface area contributed by atoms with E-state index in [1.807, 2.05) is 23.8 Å². The van der Waals surface area contributed by atoms with Gasteiger partial charge in [-0.3, -0.25) is 4.57 Å². The molecule has 3 heterocycles. The molecule has 2 aromatic carbocycles. The van der Waals surface area contributed by atoms with Crippen LogP contribution in [0.25, 0.3) is 37.2 Å². The number of hydrogen-bond acceptors (Lipinski definition) is 5. The number of aromatic nitrogens is 3. The number of aromatic carboxylic acids is 1. The molecule has 4 N–H and O–H groups in total. The van der Waals surface area contributed by atoms with Crippen molar-refractivity contribution in [2.45, 2.75) is 26.1 Å². The summed E-state index contributed by atoms with van der Waals surface area (Å²) in [6.45, 7) is 2.45. The molecular formula is C24H22N4O3S. The zero-order valence-electron chi connectivity index (χ0n) is 17.4. The molecule has 3 aromatic heterocycles. The molecule has 0 aliphatic rings. The van der Waals surface area contributed by atoms with Crippen molar-refractivity contribution < 1.29 is 15.0 Å². The van der Waals surface area contributed by atoms with Crippen LogP contribution in [0, 0.1) is 6.92 Å². The highest BCUT2D eigenvalue weighted by Gasteiger charge is 2.15. The van der Waals surface area contributed by atoms with Crippen LogP contribution in [0.3, 0.4) is 0 Å². The number of hydrogen-bond donors (Lipinski definition) is 3. The molecule has 1 atom stereocenters. The van der Waals surface area contributed by atoms with Crippen LogP contribution < -0.4 is 5.73 Å². The maximum Gasteiger partial charge on any atom is 0.335 e. The van der Waals surface area contributed by atoms with Gasteiger partial charge in [-0.1, -0.05) is 18.2 Å². The zero-order valence-corrected chi connectivity index (χ0v) is 18.2. The predicted molar refractivity (Wildman–Crippen MR) is 126 cm³/mol. The molecule has 0 amide bonds. The Labute approximate surface area is 188 Å². The zero-order chi connectivity index (χ0) is 22.4. The van der Waals surface area contributed by atoms with Crippen molar-refractivity contribution in [1.29, 1.82) is 0 Å². The second-order valence-electron chi connectivity index (χ2n) is 7.76. The van der Waals surface area contributed by atoms with Gasteiger partial charge in [-0.2, -0.15) is 0 Å². The Hall–Kier alpha value is -3.46. The molecule has 0 fully saturated rings. The minimum absolute atomic E-state index is 0.230. The Bertz CT molecular complexity index is 1460. The number of rotatable bonds is 6. The average molecular weight is 447 g/mol. The molecule has 32 heavy (non-hydrogen) atoms. The van der Waals surface area contributed by atoms with Gasteiger partial charge in [0.25, 0.3) is 0 Å². The van der Waals surface area contributed by atoms with Gasteiger partial charge in [-0.15, -0.1) is 11.3 Å². The molecule has 0 saturated carbocycles. The number of carbonyl (C=O) groups is 1. The highest BCUT2D eigenvalue weighted by molar-refractivity contribution is 7.17. The topological polar surface area (TPSA) is 106 Å². The minimum Gasteiger partial charge on any atom is -0.478 e. The third-order valence-electron chi connectivity index (χ3n) is 5.70. The molecule has 8 heteroatoms. The number of benzene rings is 2. The second kappa shape index (κ2) is 7.90. The van der Waals surface area contributed by atoms with E-state index in [4.69, 9.17) is 5.73 Å². The fourth-order valence-electron chi connectivity index (χ4n) is 4.11. The summed E-state index contributed by atoms with van der Waals surface area (Å²) in [7, 11) is 0. The molecule has 0 radical (unpaired) electrons. The highest BCUT2D eigenvalue weighted by atomic mass is 32.1. The first-order valence-electron chi connectivity index (χ1n) is 10.3. The first-order valence-corrected chi connectivity index (χ1v) is 11.1. The Morgan fingerprint density at radius 3 is 2.56 bits per heavy atom. The van der Waals surface area contributed by atoms with E-state index in [0.717, 1.165) is 43.1 Å². The molecule has 0 aliphatic carbocycles. The van der Waals surface area contributed by atoms with Crippen LogP contribution in [0.1, 0.15) is 22.6 Å². The lowest BCUT2D eigenvalue weighted by molar-refractivity contribution is 0.0697. The van der Waals surface area contributed by atoms with Crippen molar-refractivity contribution >= 4 is 39.1 Å². The molecule has 1 unspecified atom stereocenters. The van der Waals surface area contributed by atoms with Gasteiger partial charge in [0, 0.05) is 52.0 Å². The van der Waals surface area contributed by atoms with Crippen LogP contribution >= 0.6 is 11.3 Å². The van der Waals surface area contributed by atoms with E-state index in [-0.39, 0.29) is 5.56 Å². The van der Waals surface area contributed by atoms with Crippen LogP contribution in [0.2, 0.25) is 0 Å². The normalized spacial score (nSPS) is 12.6. The predicted octanol–water partition coefficient (Wildman–Crippen LogP) is 4.38. The Kier molecular flexibility index (Phi) is 5.05. The van der Waals surface area contributed by atoms with Gasteiger partial charge in [0.2, 0.25) is 0 Å². The van der Waals surface area contributed by atoms with Crippen LogP contribution in [0.4, 0.5) is 0 Å². The number of imidazole rings is 1. The molecule has 7 nitrogen and oxygen atoms in total. The molecular weight excluding hydrogens is 424 g/mol. The highest BCUT2D eigenvalue weighted by Crippen LogP contribution is 2.36.